The standard InChI is InChI=1S/C11H17BrN2O2S/c1-14(17(15,16)8-2-7-13)9-10-3-5-11(12)6-4-10/h3-6H,2,7-9,13H2,1H3. The Kier molecular flexibility index (Phi) is 5.58. The lowest BCUT2D eigenvalue weighted by atomic mass is 10.2. The van der Waals surface area contributed by atoms with E-state index in [-0.39, 0.29) is 5.75 Å². The van der Waals surface area contributed by atoms with Gasteiger partial charge >= 0.3 is 0 Å². The summed E-state index contributed by atoms with van der Waals surface area (Å²) in [6.07, 6.45) is 0.493. The topological polar surface area (TPSA) is 63.4 Å². The zero-order valence-electron chi connectivity index (χ0n) is 9.77. The van der Waals surface area contributed by atoms with Gasteiger partial charge in [0.05, 0.1) is 5.75 Å². The number of nitrogens with zero attached hydrogens (tertiary/aromatic N) is 1. The van der Waals surface area contributed by atoms with E-state index in [1.54, 1.807) is 7.05 Å². The lowest BCUT2D eigenvalue weighted by Gasteiger charge is -2.17. The van der Waals surface area contributed by atoms with Crippen molar-refractivity contribution in [2.75, 3.05) is 19.3 Å². The Balaban J connectivity index is 2.65. The van der Waals surface area contributed by atoms with Crippen LogP contribution in [0.2, 0.25) is 0 Å². The summed E-state index contributed by atoms with van der Waals surface area (Å²) in [4.78, 5) is 0. The van der Waals surface area contributed by atoms with Gasteiger partial charge in [0, 0.05) is 18.1 Å². The molecule has 17 heavy (non-hydrogen) atoms. The van der Waals surface area contributed by atoms with Gasteiger partial charge in [-0.25, -0.2) is 12.7 Å². The molecule has 0 spiro atoms. The van der Waals surface area contributed by atoms with Gasteiger partial charge in [-0.2, -0.15) is 0 Å². The molecule has 0 amide bonds. The predicted molar refractivity (Wildman–Crippen MR) is 73.1 cm³/mol. The third-order valence-corrected chi connectivity index (χ3v) is 4.81. The smallest absolute Gasteiger partial charge is 0.214 e. The van der Waals surface area contributed by atoms with Crippen LogP contribution in [0.5, 0.6) is 0 Å². The molecule has 6 heteroatoms. The van der Waals surface area contributed by atoms with Gasteiger partial charge in [-0.05, 0) is 30.7 Å². The van der Waals surface area contributed by atoms with Gasteiger partial charge in [0.15, 0.2) is 0 Å². The molecule has 0 aliphatic heterocycles. The molecule has 4 nitrogen and oxygen atoms in total. The van der Waals surface area contributed by atoms with Gasteiger partial charge in [0.1, 0.15) is 0 Å². The molecule has 0 heterocycles. The largest absolute Gasteiger partial charge is 0.330 e. The number of hydrogen-bond donors (Lipinski definition) is 1. The van der Waals surface area contributed by atoms with Crippen LogP contribution in [0.15, 0.2) is 28.7 Å². The summed E-state index contributed by atoms with van der Waals surface area (Å²) in [7, 11) is -1.60. The molecule has 96 valence electrons. The van der Waals surface area contributed by atoms with E-state index < -0.39 is 10.0 Å². The lowest BCUT2D eigenvalue weighted by molar-refractivity contribution is 0.465. The summed E-state index contributed by atoms with van der Waals surface area (Å²) >= 11 is 3.34. The first-order valence-electron chi connectivity index (χ1n) is 5.34. The van der Waals surface area contributed by atoms with Gasteiger partial charge in [-0.3, -0.25) is 0 Å². The average Bonchev–Trinajstić information content (AvgIpc) is 2.29. The van der Waals surface area contributed by atoms with E-state index in [1.807, 2.05) is 24.3 Å². The van der Waals surface area contributed by atoms with Crippen molar-refractivity contribution in [3.05, 3.63) is 34.3 Å². The third-order valence-electron chi connectivity index (χ3n) is 2.40. The van der Waals surface area contributed by atoms with E-state index in [0.29, 0.717) is 19.5 Å². The molecule has 0 aromatic heterocycles. The molecule has 0 aliphatic carbocycles. The van der Waals surface area contributed by atoms with E-state index in [2.05, 4.69) is 15.9 Å². The minimum absolute atomic E-state index is 0.108. The van der Waals surface area contributed by atoms with Gasteiger partial charge in [-0.1, -0.05) is 28.1 Å². The molecule has 0 aliphatic rings. The molecule has 0 atom stereocenters. The number of nitrogens with two attached hydrogens (primary N) is 1. The van der Waals surface area contributed by atoms with Crippen LogP contribution < -0.4 is 5.73 Å². The molecule has 0 bridgehead atoms. The SMILES string of the molecule is CN(Cc1ccc(Br)cc1)S(=O)(=O)CCCN. The van der Waals surface area contributed by atoms with Crippen LogP contribution >= 0.6 is 15.9 Å². The van der Waals surface area contributed by atoms with Crippen molar-refractivity contribution in [1.82, 2.24) is 4.31 Å². The normalized spacial score (nSPS) is 12.0. The molecular formula is C11H17BrN2O2S. The van der Waals surface area contributed by atoms with Crippen molar-refractivity contribution in [1.29, 1.82) is 0 Å². The second-order valence-electron chi connectivity index (χ2n) is 3.84. The van der Waals surface area contributed by atoms with Gasteiger partial charge in [0.2, 0.25) is 10.0 Å². The predicted octanol–water partition coefficient (Wildman–Crippen LogP) is 1.56. The van der Waals surface area contributed by atoms with Crippen LogP contribution in [0, 0.1) is 0 Å². The van der Waals surface area contributed by atoms with E-state index in [1.165, 1.54) is 4.31 Å². The zero-order valence-corrected chi connectivity index (χ0v) is 12.2. The third kappa shape index (κ3) is 4.75. The molecule has 1 rings (SSSR count). The molecule has 0 fully saturated rings. The van der Waals surface area contributed by atoms with Crippen LogP contribution in [0.1, 0.15) is 12.0 Å². The first-order valence-corrected chi connectivity index (χ1v) is 7.74. The van der Waals surface area contributed by atoms with E-state index in [4.69, 9.17) is 5.73 Å². The molecule has 0 saturated heterocycles. The highest BCUT2D eigenvalue weighted by molar-refractivity contribution is 9.10. The Morgan fingerprint density at radius 2 is 1.88 bits per heavy atom. The number of rotatable bonds is 6. The number of halogens is 1. The molecule has 0 unspecified atom stereocenters. The molecule has 0 radical (unpaired) electrons. The highest BCUT2D eigenvalue weighted by atomic mass is 79.9. The van der Waals surface area contributed by atoms with E-state index >= 15 is 0 Å². The fourth-order valence-corrected chi connectivity index (χ4v) is 2.82. The highest BCUT2D eigenvalue weighted by Crippen LogP contribution is 2.13. The van der Waals surface area contributed by atoms with Crippen molar-refractivity contribution in [2.24, 2.45) is 5.73 Å². The quantitative estimate of drug-likeness (QED) is 0.865. The Morgan fingerprint density at radius 3 is 2.41 bits per heavy atom. The van der Waals surface area contributed by atoms with Gasteiger partial charge < -0.3 is 5.73 Å². The Labute approximate surface area is 111 Å². The number of benzene rings is 1. The average molecular weight is 321 g/mol. The van der Waals surface area contributed by atoms with E-state index in [0.717, 1.165) is 10.0 Å². The Bertz CT molecular complexity index is 445. The second kappa shape index (κ2) is 6.49. The van der Waals surface area contributed by atoms with Crippen LogP contribution in [0.25, 0.3) is 0 Å². The Morgan fingerprint density at radius 1 is 1.29 bits per heavy atom. The molecule has 1 aromatic carbocycles. The highest BCUT2D eigenvalue weighted by Gasteiger charge is 2.16. The first kappa shape index (κ1) is 14.6. The van der Waals surface area contributed by atoms with E-state index in [9.17, 15) is 8.42 Å². The van der Waals surface area contributed by atoms with Crippen LogP contribution in [0.4, 0.5) is 0 Å². The fourth-order valence-electron chi connectivity index (χ4n) is 1.37. The molecule has 2 N–H and O–H groups in total. The molecule has 1 aromatic rings. The van der Waals surface area contributed by atoms with Crippen molar-refractivity contribution in [3.8, 4) is 0 Å². The van der Waals surface area contributed by atoms with Crippen LogP contribution in [0.3, 0.4) is 0 Å². The maximum Gasteiger partial charge on any atom is 0.214 e. The van der Waals surface area contributed by atoms with Crippen molar-refractivity contribution in [2.45, 2.75) is 13.0 Å². The zero-order chi connectivity index (χ0) is 12.9. The number of sulfonamides is 1. The molecular weight excluding hydrogens is 304 g/mol. The molecule has 0 saturated carbocycles. The van der Waals surface area contributed by atoms with Crippen molar-refractivity contribution >= 4 is 26.0 Å². The summed E-state index contributed by atoms with van der Waals surface area (Å²) < 4.78 is 26.0. The monoisotopic (exact) mass is 320 g/mol. The summed E-state index contributed by atoms with van der Waals surface area (Å²) in [6, 6.07) is 7.60. The maximum absolute atomic E-state index is 11.8. The minimum Gasteiger partial charge on any atom is -0.330 e. The summed E-state index contributed by atoms with van der Waals surface area (Å²) in [5.41, 5.74) is 6.28. The summed E-state index contributed by atoms with van der Waals surface area (Å²) in [5.74, 6) is 0.108. The summed E-state index contributed by atoms with van der Waals surface area (Å²) in [5, 5.41) is 0. The Hall–Kier alpha value is -0.430. The summed E-state index contributed by atoms with van der Waals surface area (Å²) in [6.45, 7) is 0.783. The number of hydrogen-bond acceptors (Lipinski definition) is 3. The fraction of sp³-hybridized carbons (Fsp3) is 0.455. The van der Waals surface area contributed by atoms with Crippen molar-refractivity contribution in [3.63, 3.8) is 0 Å². The van der Waals surface area contributed by atoms with Crippen LogP contribution in [-0.2, 0) is 16.6 Å². The van der Waals surface area contributed by atoms with Crippen molar-refractivity contribution < 1.29 is 8.42 Å². The van der Waals surface area contributed by atoms with Gasteiger partial charge in [-0.15, -0.1) is 0 Å². The second-order valence-corrected chi connectivity index (χ2v) is 6.95. The minimum atomic E-state index is -3.19. The van der Waals surface area contributed by atoms with Crippen LogP contribution in [-0.4, -0.2) is 32.1 Å². The lowest BCUT2D eigenvalue weighted by Crippen LogP contribution is -2.29. The first-order chi connectivity index (χ1) is 7.95. The van der Waals surface area contributed by atoms with Gasteiger partial charge in [0.25, 0.3) is 0 Å². The maximum atomic E-state index is 11.8.